The van der Waals surface area contributed by atoms with Crippen molar-refractivity contribution in [1.29, 1.82) is 0 Å². The number of ether oxygens (including phenoxy) is 5. The van der Waals surface area contributed by atoms with E-state index in [-0.39, 0.29) is 23.8 Å². The lowest BCUT2D eigenvalue weighted by Crippen LogP contribution is -2.51. The van der Waals surface area contributed by atoms with Crippen LogP contribution in [0.2, 0.25) is 0 Å². The lowest BCUT2D eigenvalue weighted by atomic mass is 10.0. The maximum Gasteiger partial charge on any atom is 0.287 e. The third kappa shape index (κ3) is 5.61. The van der Waals surface area contributed by atoms with Gasteiger partial charge >= 0.3 is 0 Å². The van der Waals surface area contributed by atoms with E-state index in [1.807, 2.05) is 44.2 Å². The van der Waals surface area contributed by atoms with Crippen molar-refractivity contribution < 1.29 is 32.9 Å². The Hall–Kier alpha value is -3.49. The van der Waals surface area contributed by atoms with Gasteiger partial charge < -0.3 is 33.4 Å². The van der Waals surface area contributed by atoms with Gasteiger partial charge in [-0.3, -0.25) is 4.79 Å². The molecule has 2 atom stereocenters. The van der Waals surface area contributed by atoms with Crippen molar-refractivity contribution >= 4 is 5.91 Å². The molecule has 186 valence electrons. The Morgan fingerprint density at radius 3 is 2.31 bits per heavy atom. The molecule has 2 aromatic carbocycles. The summed E-state index contributed by atoms with van der Waals surface area (Å²) in [6.07, 6.45) is 0.0197. The minimum atomic E-state index is -0.754. The highest BCUT2D eigenvalue weighted by Gasteiger charge is 2.38. The number of carbonyl (C=O) groups is 1. The lowest BCUT2D eigenvalue weighted by molar-refractivity contribution is -0.284. The zero-order valence-electron chi connectivity index (χ0n) is 20.6. The van der Waals surface area contributed by atoms with Crippen LogP contribution in [0, 0.1) is 0 Å². The van der Waals surface area contributed by atoms with Gasteiger partial charge in [-0.25, -0.2) is 0 Å². The van der Waals surface area contributed by atoms with Gasteiger partial charge in [0.2, 0.25) is 0 Å². The number of hydrogen-bond donors (Lipinski definition) is 1. The van der Waals surface area contributed by atoms with E-state index in [4.69, 9.17) is 28.1 Å². The minimum Gasteiger partial charge on any atom is -0.496 e. The van der Waals surface area contributed by atoms with Gasteiger partial charge in [-0.05, 0) is 31.5 Å². The van der Waals surface area contributed by atoms with Crippen LogP contribution in [-0.4, -0.2) is 45.7 Å². The van der Waals surface area contributed by atoms with E-state index in [2.05, 4.69) is 5.32 Å². The second-order valence-electron chi connectivity index (χ2n) is 8.69. The Morgan fingerprint density at radius 1 is 1.00 bits per heavy atom. The Balaban J connectivity index is 1.51. The van der Waals surface area contributed by atoms with Gasteiger partial charge in [-0.15, -0.1) is 0 Å². The highest BCUT2D eigenvalue weighted by Crippen LogP contribution is 2.36. The number of furan rings is 1. The van der Waals surface area contributed by atoms with Crippen LogP contribution in [0.3, 0.4) is 0 Å². The predicted molar refractivity (Wildman–Crippen MR) is 129 cm³/mol. The van der Waals surface area contributed by atoms with E-state index in [1.54, 1.807) is 45.6 Å². The van der Waals surface area contributed by atoms with Gasteiger partial charge in [0.05, 0.1) is 34.0 Å². The molecule has 1 aromatic heterocycles. The summed E-state index contributed by atoms with van der Waals surface area (Å²) in [5.41, 5.74) is 1.76. The van der Waals surface area contributed by atoms with Crippen LogP contribution in [0.25, 0.3) is 0 Å². The fourth-order valence-corrected chi connectivity index (χ4v) is 4.12. The molecule has 1 aliphatic heterocycles. The Morgan fingerprint density at radius 2 is 1.69 bits per heavy atom. The van der Waals surface area contributed by atoms with Crippen molar-refractivity contribution in [3.63, 3.8) is 0 Å². The first kappa shape index (κ1) is 24.6. The summed E-state index contributed by atoms with van der Waals surface area (Å²) >= 11 is 0. The average Bonchev–Trinajstić information content (AvgIpc) is 3.34. The summed E-state index contributed by atoms with van der Waals surface area (Å²) in [5.74, 6) is 1.52. The van der Waals surface area contributed by atoms with Gasteiger partial charge in [-0.2, -0.15) is 0 Å². The summed E-state index contributed by atoms with van der Waals surface area (Å²) in [4.78, 5) is 13.1. The van der Waals surface area contributed by atoms with Crippen molar-refractivity contribution in [2.45, 2.75) is 38.2 Å². The third-order valence-corrected chi connectivity index (χ3v) is 5.88. The number of methoxy groups -OCH3 is 3. The molecule has 0 spiro atoms. The van der Waals surface area contributed by atoms with Gasteiger partial charge in [-0.1, -0.05) is 30.3 Å². The molecule has 8 nitrogen and oxygen atoms in total. The Labute approximate surface area is 205 Å². The molecular weight excluding hydrogens is 450 g/mol. The quantitative estimate of drug-likeness (QED) is 0.506. The zero-order valence-corrected chi connectivity index (χ0v) is 20.6. The maximum absolute atomic E-state index is 13.1. The fraction of sp³-hybridized carbons (Fsp3) is 0.370. The van der Waals surface area contributed by atoms with E-state index in [9.17, 15) is 4.79 Å². The number of amides is 1. The zero-order chi connectivity index (χ0) is 25.0. The maximum atomic E-state index is 13.1. The monoisotopic (exact) mass is 481 g/mol. The molecule has 0 bridgehead atoms. The lowest BCUT2D eigenvalue weighted by Gasteiger charge is -2.41. The molecule has 2 heterocycles. The van der Waals surface area contributed by atoms with Gasteiger partial charge in [0.15, 0.2) is 11.5 Å². The van der Waals surface area contributed by atoms with Crippen LogP contribution >= 0.6 is 0 Å². The van der Waals surface area contributed by atoms with Crippen molar-refractivity contribution in [2.24, 2.45) is 0 Å². The summed E-state index contributed by atoms with van der Waals surface area (Å²) in [7, 11) is 4.74. The SMILES string of the molecule is COc1cc(OC)c(Cc2ccc(C(=O)N[C@@H]3COC(C)(C)O[C@@H]3c3ccccc3)o2)c(OC)c1. The molecule has 1 fully saturated rings. The molecule has 0 saturated carbocycles. The van der Waals surface area contributed by atoms with Gasteiger partial charge in [0.1, 0.15) is 29.1 Å². The number of carbonyl (C=O) groups excluding carboxylic acids is 1. The van der Waals surface area contributed by atoms with Gasteiger partial charge in [0.25, 0.3) is 5.91 Å². The molecule has 1 N–H and O–H groups in total. The average molecular weight is 482 g/mol. The first-order valence-corrected chi connectivity index (χ1v) is 11.4. The second kappa shape index (κ2) is 10.4. The molecule has 1 amide bonds. The minimum absolute atomic E-state index is 0.197. The van der Waals surface area contributed by atoms with Crippen LogP contribution in [-0.2, 0) is 15.9 Å². The van der Waals surface area contributed by atoms with E-state index < -0.39 is 5.79 Å². The topological polar surface area (TPSA) is 88.4 Å². The highest BCUT2D eigenvalue weighted by atomic mass is 16.7. The number of benzene rings is 2. The smallest absolute Gasteiger partial charge is 0.287 e. The van der Waals surface area contributed by atoms with Crippen LogP contribution in [0.4, 0.5) is 0 Å². The van der Waals surface area contributed by atoms with Crippen LogP contribution in [0.15, 0.2) is 59.0 Å². The number of nitrogens with one attached hydrogen (secondary N) is 1. The largest absolute Gasteiger partial charge is 0.496 e. The summed E-state index contributed by atoms with van der Waals surface area (Å²) in [6.45, 7) is 4.04. The molecule has 8 heteroatoms. The van der Waals surface area contributed by atoms with Gasteiger partial charge in [0, 0.05) is 24.1 Å². The summed E-state index contributed by atoms with van der Waals surface area (Å²) in [5, 5.41) is 3.01. The van der Waals surface area contributed by atoms with Crippen LogP contribution in [0.1, 0.15) is 47.4 Å². The van der Waals surface area contributed by atoms with Crippen LogP contribution < -0.4 is 19.5 Å². The van der Waals surface area contributed by atoms with E-state index in [0.717, 1.165) is 11.1 Å². The molecule has 35 heavy (non-hydrogen) atoms. The molecule has 3 aromatic rings. The third-order valence-electron chi connectivity index (χ3n) is 5.88. The van der Waals surface area contributed by atoms with E-state index in [0.29, 0.717) is 36.0 Å². The summed E-state index contributed by atoms with van der Waals surface area (Å²) < 4.78 is 34.2. The molecule has 0 aliphatic carbocycles. The van der Waals surface area contributed by atoms with Crippen molar-refractivity contribution in [1.82, 2.24) is 5.32 Å². The fourth-order valence-electron chi connectivity index (χ4n) is 4.12. The predicted octanol–water partition coefficient (Wildman–Crippen LogP) is 4.52. The highest BCUT2D eigenvalue weighted by molar-refractivity contribution is 5.91. The second-order valence-corrected chi connectivity index (χ2v) is 8.69. The van der Waals surface area contributed by atoms with E-state index in [1.165, 1.54) is 0 Å². The standard InChI is InChI=1S/C27H31NO7/c1-27(2)33-16-21(25(35-27)17-9-7-6-8-10-17)28-26(29)22-12-11-18(34-22)13-20-23(31-4)14-19(30-3)15-24(20)32-5/h6-12,14-15,21,25H,13,16H2,1-5H3,(H,28,29)/t21-,25-/m1/s1. The summed E-state index contributed by atoms with van der Waals surface area (Å²) in [6, 6.07) is 16.4. The molecule has 4 rings (SSSR count). The number of rotatable bonds is 8. The van der Waals surface area contributed by atoms with Crippen molar-refractivity contribution in [3.05, 3.63) is 77.2 Å². The molecular formula is C27H31NO7. The normalized spacial score (nSPS) is 19.1. The Bertz CT molecular complexity index is 1130. The van der Waals surface area contributed by atoms with E-state index >= 15 is 0 Å². The molecule has 0 unspecified atom stereocenters. The first-order valence-electron chi connectivity index (χ1n) is 11.4. The van der Waals surface area contributed by atoms with Crippen LogP contribution in [0.5, 0.6) is 17.2 Å². The van der Waals surface area contributed by atoms with Crippen molar-refractivity contribution in [3.8, 4) is 17.2 Å². The first-order chi connectivity index (χ1) is 16.8. The number of hydrogen-bond acceptors (Lipinski definition) is 7. The Kier molecular flexibility index (Phi) is 7.33. The molecule has 1 saturated heterocycles. The molecule has 1 aliphatic rings. The molecule has 0 radical (unpaired) electrons. The van der Waals surface area contributed by atoms with Crippen molar-refractivity contribution in [2.75, 3.05) is 27.9 Å².